The molecule has 136 valence electrons. The zero-order valence-electron chi connectivity index (χ0n) is 14.6. The van der Waals surface area contributed by atoms with Gasteiger partial charge in [0, 0.05) is 24.0 Å². The summed E-state index contributed by atoms with van der Waals surface area (Å²) in [6.07, 6.45) is 8.16. The fourth-order valence-corrected chi connectivity index (χ4v) is 3.55. The van der Waals surface area contributed by atoms with E-state index in [4.69, 9.17) is 5.73 Å². The monoisotopic (exact) mass is 354 g/mol. The molecule has 3 aromatic heterocycles. The summed E-state index contributed by atoms with van der Waals surface area (Å²) in [4.78, 5) is 11.9. The van der Waals surface area contributed by atoms with Crippen molar-refractivity contribution in [3.8, 4) is 11.3 Å². The number of aromatic nitrogens is 4. The summed E-state index contributed by atoms with van der Waals surface area (Å²) < 4.78 is 1.73. The molecule has 3 heterocycles. The Morgan fingerprint density at radius 1 is 1.46 bits per heavy atom. The highest BCUT2D eigenvalue weighted by molar-refractivity contribution is 6.02. The first-order valence-corrected chi connectivity index (χ1v) is 8.73. The summed E-state index contributed by atoms with van der Waals surface area (Å²) in [6.45, 7) is 1.87. The summed E-state index contributed by atoms with van der Waals surface area (Å²) >= 11 is 0. The molecular formula is C18H22N6O2. The predicted molar refractivity (Wildman–Crippen MR) is 97.8 cm³/mol. The minimum Gasteiger partial charge on any atom is -0.390 e. The van der Waals surface area contributed by atoms with Gasteiger partial charge in [-0.1, -0.05) is 0 Å². The molecule has 0 atom stereocenters. The summed E-state index contributed by atoms with van der Waals surface area (Å²) in [5.74, 6) is -0.519. The van der Waals surface area contributed by atoms with Crippen molar-refractivity contribution < 1.29 is 9.90 Å². The number of nitrogens with one attached hydrogen (secondary N) is 2. The van der Waals surface area contributed by atoms with E-state index in [0.29, 0.717) is 11.3 Å². The summed E-state index contributed by atoms with van der Waals surface area (Å²) in [5, 5.41) is 24.8. The molecule has 3 aromatic rings. The van der Waals surface area contributed by atoms with Crippen LogP contribution in [0.2, 0.25) is 0 Å². The number of H-pyrrole nitrogens is 1. The zero-order valence-corrected chi connectivity index (χ0v) is 14.6. The highest BCUT2D eigenvalue weighted by atomic mass is 16.3. The van der Waals surface area contributed by atoms with Crippen LogP contribution in [0.3, 0.4) is 0 Å². The van der Waals surface area contributed by atoms with E-state index in [-0.39, 0.29) is 6.04 Å². The quantitative estimate of drug-likeness (QED) is 0.570. The average molecular weight is 354 g/mol. The Morgan fingerprint density at radius 2 is 2.23 bits per heavy atom. The van der Waals surface area contributed by atoms with Crippen molar-refractivity contribution in [3.63, 3.8) is 0 Å². The van der Waals surface area contributed by atoms with Crippen molar-refractivity contribution in [3.05, 3.63) is 36.3 Å². The van der Waals surface area contributed by atoms with E-state index in [2.05, 4.69) is 20.6 Å². The van der Waals surface area contributed by atoms with E-state index >= 15 is 0 Å². The van der Waals surface area contributed by atoms with Gasteiger partial charge in [-0.05, 0) is 44.7 Å². The number of carbonyl (C=O) groups is 1. The van der Waals surface area contributed by atoms with Crippen LogP contribution in [0.25, 0.3) is 16.8 Å². The summed E-state index contributed by atoms with van der Waals surface area (Å²) in [7, 11) is 0. The van der Waals surface area contributed by atoms with Gasteiger partial charge < -0.3 is 16.2 Å². The van der Waals surface area contributed by atoms with Crippen molar-refractivity contribution in [2.75, 3.05) is 5.32 Å². The second-order valence-corrected chi connectivity index (χ2v) is 7.24. The Morgan fingerprint density at radius 3 is 2.88 bits per heavy atom. The second-order valence-electron chi connectivity index (χ2n) is 7.24. The minimum absolute atomic E-state index is 0.171. The van der Waals surface area contributed by atoms with E-state index in [1.807, 2.05) is 25.3 Å². The lowest BCUT2D eigenvalue weighted by Gasteiger charge is -2.34. The van der Waals surface area contributed by atoms with Gasteiger partial charge in [0.15, 0.2) is 0 Å². The molecule has 26 heavy (non-hydrogen) atoms. The third-order valence-corrected chi connectivity index (χ3v) is 5.13. The van der Waals surface area contributed by atoms with Crippen LogP contribution in [0.5, 0.6) is 0 Å². The number of hydrogen-bond acceptors (Lipinski definition) is 5. The second kappa shape index (κ2) is 6.14. The van der Waals surface area contributed by atoms with E-state index in [1.165, 1.54) is 6.20 Å². The molecule has 1 amide bonds. The molecule has 1 fully saturated rings. The molecule has 0 aromatic carbocycles. The largest absolute Gasteiger partial charge is 0.390 e. The number of aliphatic hydroxyl groups is 1. The topological polar surface area (TPSA) is 121 Å². The number of carbonyl (C=O) groups excluding carboxylic acids is 1. The maximum atomic E-state index is 11.9. The van der Waals surface area contributed by atoms with E-state index in [0.717, 1.165) is 42.5 Å². The Labute approximate surface area is 150 Å². The van der Waals surface area contributed by atoms with Crippen molar-refractivity contribution >= 4 is 17.1 Å². The molecule has 1 saturated carbocycles. The molecule has 8 nitrogen and oxygen atoms in total. The van der Waals surface area contributed by atoms with Crippen LogP contribution in [0.15, 0.2) is 30.7 Å². The molecule has 0 bridgehead atoms. The number of hydrogen-bond donors (Lipinski definition) is 4. The number of anilines is 1. The van der Waals surface area contributed by atoms with Gasteiger partial charge in [-0.25, -0.2) is 4.52 Å². The van der Waals surface area contributed by atoms with Gasteiger partial charge in [0.2, 0.25) is 0 Å². The van der Waals surface area contributed by atoms with E-state index in [1.54, 1.807) is 10.7 Å². The van der Waals surface area contributed by atoms with Crippen LogP contribution >= 0.6 is 0 Å². The van der Waals surface area contributed by atoms with Crippen LogP contribution in [0, 0.1) is 0 Å². The molecule has 0 unspecified atom stereocenters. The predicted octanol–water partition coefficient (Wildman–Crippen LogP) is 1.93. The summed E-state index contributed by atoms with van der Waals surface area (Å²) in [5.41, 5.74) is 8.59. The zero-order chi connectivity index (χ0) is 18.3. The molecule has 0 radical (unpaired) electrons. The molecule has 1 aliphatic carbocycles. The normalized spacial score (nSPS) is 23.2. The molecule has 0 saturated heterocycles. The molecule has 1 aliphatic rings. The Kier molecular flexibility index (Phi) is 3.91. The highest BCUT2D eigenvalue weighted by Crippen LogP contribution is 2.33. The van der Waals surface area contributed by atoms with Gasteiger partial charge in [-0.3, -0.25) is 9.89 Å². The first-order valence-electron chi connectivity index (χ1n) is 8.73. The van der Waals surface area contributed by atoms with Crippen LogP contribution < -0.4 is 11.1 Å². The number of nitrogens with zero attached hydrogens (tertiary/aromatic N) is 3. The van der Waals surface area contributed by atoms with Gasteiger partial charge in [0.05, 0.1) is 34.3 Å². The van der Waals surface area contributed by atoms with Crippen LogP contribution in [0.4, 0.5) is 5.69 Å². The van der Waals surface area contributed by atoms with E-state index < -0.39 is 11.5 Å². The number of fused-ring (bicyclic) bond motifs is 1. The highest BCUT2D eigenvalue weighted by Gasteiger charge is 2.29. The number of primary amides is 1. The van der Waals surface area contributed by atoms with Crippen molar-refractivity contribution in [2.24, 2.45) is 5.73 Å². The Balaban J connectivity index is 1.73. The molecule has 0 aliphatic heterocycles. The van der Waals surface area contributed by atoms with Crippen LogP contribution in [0.1, 0.15) is 43.0 Å². The standard InChI is InChI=1S/C18H22N6O2/c1-18(26)5-2-12(3-6-18)22-16-13(17(19)25)9-21-24-10-11(8-15(16)24)14-4-7-20-23-14/h4,7-10,12,22,26H,2-3,5-6H2,1H3,(H2,19,25)(H,20,23)/t12-,18-. The van der Waals surface area contributed by atoms with Gasteiger partial charge in [0.25, 0.3) is 5.91 Å². The SMILES string of the molecule is C[C@]1(O)CC[C@H](Nc2c(C(N)=O)cnn3cc(-c4ccn[nH]4)cc23)CC1. The third kappa shape index (κ3) is 3.03. The van der Waals surface area contributed by atoms with Gasteiger partial charge in [-0.2, -0.15) is 10.2 Å². The smallest absolute Gasteiger partial charge is 0.252 e. The lowest BCUT2D eigenvalue weighted by Crippen LogP contribution is -2.36. The van der Waals surface area contributed by atoms with Gasteiger partial charge >= 0.3 is 0 Å². The maximum Gasteiger partial charge on any atom is 0.252 e. The lowest BCUT2D eigenvalue weighted by atomic mass is 9.83. The number of nitrogens with two attached hydrogens (primary N) is 1. The first-order chi connectivity index (χ1) is 12.4. The fourth-order valence-electron chi connectivity index (χ4n) is 3.55. The summed E-state index contributed by atoms with van der Waals surface area (Å²) in [6, 6.07) is 4.00. The minimum atomic E-state index is -0.610. The van der Waals surface area contributed by atoms with Crippen molar-refractivity contribution in [1.82, 2.24) is 19.8 Å². The molecule has 8 heteroatoms. The molecule has 4 rings (SSSR count). The van der Waals surface area contributed by atoms with Gasteiger partial charge in [-0.15, -0.1) is 0 Å². The molecule has 0 spiro atoms. The molecular weight excluding hydrogens is 332 g/mol. The number of rotatable bonds is 4. The van der Waals surface area contributed by atoms with Crippen LogP contribution in [-0.2, 0) is 0 Å². The van der Waals surface area contributed by atoms with E-state index in [9.17, 15) is 9.90 Å². The van der Waals surface area contributed by atoms with Crippen molar-refractivity contribution in [2.45, 2.75) is 44.2 Å². The number of amides is 1. The Bertz CT molecular complexity index is 934. The van der Waals surface area contributed by atoms with Gasteiger partial charge in [0.1, 0.15) is 0 Å². The Hall–Kier alpha value is -2.87. The number of aromatic amines is 1. The lowest BCUT2D eigenvalue weighted by molar-refractivity contribution is 0.0196. The average Bonchev–Trinajstić information content (AvgIpc) is 3.25. The first kappa shape index (κ1) is 16.6. The van der Waals surface area contributed by atoms with Crippen molar-refractivity contribution in [1.29, 1.82) is 0 Å². The third-order valence-electron chi connectivity index (χ3n) is 5.13. The maximum absolute atomic E-state index is 11.9. The fraction of sp³-hybridized carbons (Fsp3) is 0.389. The molecule has 5 N–H and O–H groups in total. The van der Waals surface area contributed by atoms with Crippen LogP contribution in [-0.4, -0.2) is 42.5 Å².